The van der Waals surface area contributed by atoms with E-state index >= 15 is 0 Å². The first kappa shape index (κ1) is 15.0. The van der Waals surface area contributed by atoms with E-state index in [4.69, 9.17) is 23.2 Å². The van der Waals surface area contributed by atoms with E-state index in [1.165, 1.54) is 0 Å². The number of ketones is 1. The van der Waals surface area contributed by atoms with Crippen molar-refractivity contribution >= 4 is 60.8 Å². The van der Waals surface area contributed by atoms with Crippen LogP contribution < -0.4 is 0 Å². The van der Waals surface area contributed by atoms with Gasteiger partial charge in [0.1, 0.15) is 0 Å². The van der Waals surface area contributed by atoms with Crippen molar-refractivity contribution in [2.45, 2.75) is 6.42 Å². The van der Waals surface area contributed by atoms with Gasteiger partial charge in [0.05, 0.1) is 0 Å². The molecular formula is C14H8Br2Cl2O. The molecule has 0 aromatic heterocycles. The first-order chi connectivity index (χ1) is 8.97. The topological polar surface area (TPSA) is 17.1 Å². The molecule has 98 valence electrons. The molecule has 2 aromatic carbocycles. The van der Waals surface area contributed by atoms with Gasteiger partial charge in [0.2, 0.25) is 0 Å². The predicted molar refractivity (Wildman–Crippen MR) is 86.3 cm³/mol. The lowest BCUT2D eigenvalue weighted by molar-refractivity contribution is 0.0992. The van der Waals surface area contributed by atoms with Crippen LogP contribution in [0.15, 0.2) is 45.3 Å². The minimum absolute atomic E-state index is 0.0164. The van der Waals surface area contributed by atoms with E-state index in [0.29, 0.717) is 15.6 Å². The van der Waals surface area contributed by atoms with Gasteiger partial charge in [-0.15, -0.1) is 0 Å². The molecule has 0 aliphatic rings. The fourth-order valence-electron chi connectivity index (χ4n) is 1.66. The van der Waals surface area contributed by atoms with E-state index < -0.39 is 0 Å². The maximum Gasteiger partial charge on any atom is 0.168 e. The van der Waals surface area contributed by atoms with Gasteiger partial charge in [-0.2, -0.15) is 0 Å². The SMILES string of the molecule is O=C(Cc1cc(Cl)ccc1Cl)c1cc(Br)ccc1Br. The van der Waals surface area contributed by atoms with Gasteiger partial charge < -0.3 is 0 Å². The van der Waals surface area contributed by atoms with Crippen LogP contribution in [0, 0.1) is 0 Å². The molecule has 0 fully saturated rings. The van der Waals surface area contributed by atoms with Crippen molar-refractivity contribution in [3.8, 4) is 0 Å². The van der Waals surface area contributed by atoms with Crippen LogP contribution in [0.2, 0.25) is 10.0 Å². The van der Waals surface area contributed by atoms with Gasteiger partial charge in [-0.25, -0.2) is 0 Å². The van der Waals surface area contributed by atoms with Gasteiger partial charge in [-0.1, -0.05) is 55.1 Å². The summed E-state index contributed by atoms with van der Waals surface area (Å²) in [6.07, 6.45) is 0.217. The van der Waals surface area contributed by atoms with Crippen LogP contribution in [0.25, 0.3) is 0 Å². The molecular weight excluding hydrogens is 415 g/mol. The Balaban J connectivity index is 2.30. The third kappa shape index (κ3) is 3.82. The first-order valence-electron chi connectivity index (χ1n) is 5.39. The molecule has 0 saturated heterocycles. The van der Waals surface area contributed by atoms with Crippen LogP contribution in [0.1, 0.15) is 15.9 Å². The van der Waals surface area contributed by atoms with E-state index in [9.17, 15) is 4.79 Å². The van der Waals surface area contributed by atoms with E-state index in [1.54, 1.807) is 24.3 Å². The minimum atomic E-state index is -0.0164. The molecule has 0 bridgehead atoms. The summed E-state index contributed by atoms with van der Waals surface area (Å²) < 4.78 is 1.62. The van der Waals surface area contributed by atoms with Gasteiger partial charge in [0, 0.05) is 31.0 Å². The molecule has 0 atom stereocenters. The quantitative estimate of drug-likeness (QED) is 0.559. The van der Waals surface area contributed by atoms with Crippen molar-refractivity contribution in [1.82, 2.24) is 0 Å². The van der Waals surface area contributed by atoms with Gasteiger partial charge in [-0.3, -0.25) is 4.79 Å². The lowest BCUT2D eigenvalue weighted by atomic mass is 10.0. The number of hydrogen-bond donors (Lipinski definition) is 0. The Morgan fingerprint density at radius 3 is 2.53 bits per heavy atom. The Morgan fingerprint density at radius 1 is 1.05 bits per heavy atom. The zero-order valence-corrected chi connectivity index (χ0v) is 14.3. The summed E-state index contributed by atoms with van der Waals surface area (Å²) in [6.45, 7) is 0. The Labute approximate surface area is 138 Å². The third-order valence-corrected chi connectivity index (χ3v) is 4.38. The van der Waals surface area contributed by atoms with Gasteiger partial charge in [-0.05, 0) is 42.0 Å². The zero-order chi connectivity index (χ0) is 14.0. The van der Waals surface area contributed by atoms with Gasteiger partial charge in [0.25, 0.3) is 0 Å². The summed E-state index contributed by atoms with van der Waals surface area (Å²) in [7, 11) is 0. The van der Waals surface area contributed by atoms with Crippen molar-refractivity contribution in [3.63, 3.8) is 0 Å². The average molecular weight is 423 g/mol. The second-order valence-corrected chi connectivity index (χ2v) is 6.57. The molecule has 0 spiro atoms. The molecule has 0 saturated carbocycles. The Morgan fingerprint density at radius 2 is 1.79 bits per heavy atom. The molecule has 0 radical (unpaired) electrons. The monoisotopic (exact) mass is 420 g/mol. The highest BCUT2D eigenvalue weighted by molar-refractivity contribution is 9.11. The van der Waals surface area contributed by atoms with Gasteiger partial charge in [0.15, 0.2) is 5.78 Å². The maximum atomic E-state index is 12.3. The number of halogens is 4. The number of carbonyl (C=O) groups is 1. The summed E-state index contributed by atoms with van der Waals surface area (Å²) in [5.41, 5.74) is 1.34. The highest BCUT2D eigenvalue weighted by Crippen LogP contribution is 2.26. The fraction of sp³-hybridized carbons (Fsp3) is 0.0714. The second-order valence-electron chi connectivity index (χ2n) is 3.96. The summed E-state index contributed by atoms with van der Waals surface area (Å²) in [4.78, 5) is 12.3. The molecule has 0 heterocycles. The number of benzene rings is 2. The molecule has 2 rings (SSSR count). The van der Waals surface area contributed by atoms with E-state index in [2.05, 4.69) is 31.9 Å². The molecule has 1 nitrogen and oxygen atoms in total. The highest BCUT2D eigenvalue weighted by Gasteiger charge is 2.13. The Bertz CT molecular complexity index is 641. The number of rotatable bonds is 3. The number of Topliss-reactive ketones (excluding diaryl/α,β-unsaturated/α-hetero) is 1. The standard InChI is InChI=1S/C14H8Br2Cl2O/c15-9-1-3-12(16)11(7-9)14(19)6-8-5-10(17)2-4-13(8)18/h1-5,7H,6H2. The van der Waals surface area contributed by atoms with E-state index in [1.807, 2.05) is 12.1 Å². The van der Waals surface area contributed by atoms with Crippen LogP contribution in [-0.4, -0.2) is 5.78 Å². The van der Waals surface area contributed by atoms with Crippen molar-refractivity contribution < 1.29 is 4.79 Å². The first-order valence-corrected chi connectivity index (χ1v) is 7.74. The molecule has 0 amide bonds. The van der Waals surface area contributed by atoms with Crippen LogP contribution >= 0.6 is 55.1 Å². The molecule has 19 heavy (non-hydrogen) atoms. The molecule has 5 heteroatoms. The molecule has 0 aliphatic heterocycles. The van der Waals surface area contributed by atoms with Crippen LogP contribution in [-0.2, 0) is 6.42 Å². The van der Waals surface area contributed by atoms with Crippen LogP contribution in [0.3, 0.4) is 0 Å². The summed E-state index contributed by atoms with van der Waals surface area (Å²) in [5.74, 6) is -0.0164. The largest absolute Gasteiger partial charge is 0.294 e. The summed E-state index contributed by atoms with van der Waals surface area (Å²) in [5, 5.41) is 1.12. The van der Waals surface area contributed by atoms with E-state index in [-0.39, 0.29) is 12.2 Å². The van der Waals surface area contributed by atoms with Crippen LogP contribution in [0.5, 0.6) is 0 Å². The molecule has 0 aliphatic carbocycles. The number of carbonyl (C=O) groups excluding carboxylic acids is 1. The molecule has 0 N–H and O–H groups in total. The van der Waals surface area contributed by atoms with E-state index in [0.717, 1.165) is 14.5 Å². The predicted octanol–water partition coefficient (Wildman–Crippen LogP) is 5.94. The molecule has 2 aromatic rings. The van der Waals surface area contributed by atoms with Crippen molar-refractivity contribution in [2.24, 2.45) is 0 Å². The zero-order valence-electron chi connectivity index (χ0n) is 9.59. The summed E-state index contributed by atoms with van der Waals surface area (Å²) >= 11 is 18.7. The molecule has 0 unspecified atom stereocenters. The van der Waals surface area contributed by atoms with Crippen molar-refractivity contribution in [3.05, 3.63) is 66.5 Å². The summed E-state index contributed by atoms with van der Waals surface area (Å²) in [6, 6.07) is 10.6. The van der Waals surface area contributed by atoms with Crippen LogP contribution in [0.4, 0.5) is 0 Å². The minimum Gasteiger partial charge on any atom is -0.294 e. The second kappa shape index (κ2) is 6.40. The lowest BCUT2D eigenvalue weighted by Crippen LogP contribution is -2.05. The van der Waals surface area contributed by atoms with Crippen molar-refractivity contribution in [1.29, 1.82) is 0 Å². The number of hydrogen-bond acceptors (Lipinski definition) is 1. The lowest BCUT2D eigenvalue weighted by Gasteiger charge is -2.07. The average Bonchev–Trinajstić information content (AvgIpc) is 2.36. The van der Waals surface area contributed by atoms with Crippen molar-refractivity contribution in [2.75, 3.05) is 0 Å². The maximum absolute atomic E-state index is 12.3. The smallest absolute Gasteiger partial charge is 0.168 e. The van der Waals surface area contributed by atoms with Gasteiger partial charge >= 0.3 is 0 Å². The Kier molecular flexibility index (Phi) is 5.07. The third-order valence-electron chi connectivity index (χ3n) is 2.59. The highest BCUT2D eigenvalue weighted by atomic mass is 79.9. The normalized spacial score (nSPS) is 10.5. The Hall–Kier alpha value is -0.350. The fourth-order valence-corrected chi connectivity index (χ4v) is 2.87.